The van der Waals surface area contributed by atoms with E-state index in [4.69, 9.17) is 16.3 Å². The van der Waals surface area contributed by atoms with E-state index in [0.717, 1.165) is 22.0 Å². The van der Waals surface area contributed by atoms with Crippen LogP contribution in [0.15, 0.2) is 54.6 Å². The highest BCUT2D eigenvalue weighted by molar-refractivity contribution is 6.31. The number of carbonyl (C=O) groups excluding carboxylic acids is 1. The standard InChI is InChI=1S/C17H12ClNO2/c18-13-6-7-17-16(8-13)15(12-4-2-1-3-5-12)9-14(19-17)10-21-11-20/h1-9,11H,10H2. The number of halogens is 1. The highest BCUT2D eigenvalue weighted by atomic mass is 35.5. The number of hydrogen-bond acceptors (Lipinski definition) is 3. The molecule has 0 aliphatic heterocycles. The van der Waals surface area contributed by atoms with Gasteiger partial charge in [-0.1, -0.05) is 41.9 Å². The van der Waals surface area contributed by atoms with Crippen molar-refractivity contribution >= 4 is 29.0 Å². The fourth-order valence-corrected chi connectivity index (χ4v) is 2.47. The maximum absolute atomic E-state index is 10.4. The number of hydrogen-bond donors (Lipinski definition) is 0. The van der Waals surface area contributed by atoms with Crippen LogP contribution in [0.5, 0.6) is 0 Å². The number of pyridine rings is 1. The molecule has 0 atom stereocenters. The minimum Gasteiger partial charge on any atom is -0.461 e. The van der Waals surface area contributed by atoms with E-state index < -0.39 is 0 Å². The van der Waals surface area contributed by atoms with Gasteiger partial charge in [0.05, 0.1) is 11.2 Å². The minimum atomic E-state index is 0.155. The van der Waals surface area contributed by atoms with E-state index in [1.54, 1.807) is 6.07 Å². The predicted molar refractivity (Wildman–Crippen MR) is 83.0 cm³/mol. The van der Waals surface area contributed by atoms with Crippen molar-refractivity contribution in [1.82, 2.24) is 4.98 Å². The molecule has 3 aromatic rings. The van der Waals surface area contributed by atoms with Gasteiger partial charge in [0, 0.05) is 10.4 Å². The Morgan fingerprint density at radius 1 is 1.10 bits per heavy atom. The van der Waals surface area contributed by atoms with Crippen molar-refractivity contribution in [2.75, 3.05) is 0 Å². The number of ether oxygens (including phenoxy) is 1. The van der Waals surface area contributed by atoms with Crippen LogP contribution in [0.2, 0.25) is 5.02 Å². The summed E-state index contributed by atoms with van der Waals surface area (Å²) < 4.78 is 4.81. The summed E-state index contributed by atoms with van der Waals surface area (Å²) in [6.07, 6.45) is 0. The minimum absolute atomic E-state index is 0.155. The van der Waals surface area contributed by atoms with Crippen molar-refractivity contribution in [3.05, 3.63) is 65.3 Å². The van der Waals surface area contributed by atoms with Gasteiger partial charge < -0.3 is 4.74 Å². The van der Waals surface area contributed by atoms with Gasteiger partial charge in [-0.2, -0.15) is 0 Å². The Kier molecular flexibility index (Phi) is 3.84. The van der Waals surface area contributed by atoms with E-state index in [1.165, 1.54) is 0 Å². The molecule has 3 nitrogen and oxygen atoms in total. The number of rotatable bonds is 4. The maximum atomic E-state index is 10.4. The average molecular weight is 298 g/mol. The van der Waals surface area contributed by atoms with Crippen molar-refractivity contribution < 1.29 is 9.53 Å². The summed E-state index contributed by atoms with van der Waals surface area (Å²) in [7, 11) is 0. The zero-order valence-electron chi connectivity index (χ0n) is 11.1. The first kappa shape index (κ1) is 13.6. The molecular formula is C17H12ClNO2. The molecule has 3 rings (SSSR count). The summed E-state index contributed by atoms with van der Waals surface area (Å²) in [6.45, 7) is 0.581. The molecule has 0 aliphatic carbocycles. The number of benzene rings is 2. The lowest BCUT2D eigenvalue weighted by Crippen LogP contribution is -1.96. The zero-order valence-corrected chi connectivity index (χ0v) is 11.9. The smallest absolute Gasteiger partial charge is 0.293 e. The largest absolute Gasteiger partial charge is 0.461 e. The van der Waals surface area contributed by atoms with Crippen molar-refractivity contribution in [2.24, 2.45) is 0 Å². The molecule has 0 bridgehead atoms. The van der Waals surface area contributed by atoms with Gasteiger partial charge in [0.1, 0.15) is 6.61 Å². The molecule has 2 aromatic carbocycles. The fraction of sp³-hybridized carbons (Fsp3) is 0.0588. The van der Waals surface area contributed by atoms with Gasteiger partial charge in [-0.25, -0.2) is 4.98 Å². The van der Waals surface area contributed by atoms with Gasteiger partial charge >= 0.3 is 0 Å². The second-order valence-electron chi connectivity index (χ2n) is 4.60. The van der Waals surface area contributed by atoms with E-state index >= 15 is 0 Å². The SMILES string of the molecule is O=COCc1cc(-c2ccccc2)c2cc(Cl)ccc2n1. The maximum Gasteiger partial charge on any atom is 0.293 e. The Balaban J connectivity index is 2.23. The Morgan fingerprint density at radius 3 is 2.67 bits per heavy atom. The molecule has 0 spiro atoms. The predicted octanol–water partition coefficient (Wildman–Crippen LogP) is 4.23. The highest BCUT2D eigenvalue weighted by Crippen LogP contribution is 2.30. The summed E-state index contributed by atoms with van der Waals surface area (Å²) >= 11 is 6.10. The first-order chi connectivity index (χ1) is 10.3. The third-order valence-electron chi connectivity index (χ3n) is 3.21. The van der Waals surface area contributed by atoms with Crippen LogP contribution < -0.4 is 0 Å². The Hall–Kier alpha value is -2.39. The number of carbonyl (C=O) groups is 1. The van der Waals surface area contributed by atoms with E-state index in [9.17, 15) is 4.79 Å². The summed E-state index contributed by atoms with van der Waals surface area (Å²) in [5, 5.41) is 1.64. The first-order valence-electron chi connectivity index (χ1n) is 6.48. The van der Waals surface area contributed by atoms with E-state index in [-0.39, 0.29) is 6.61 Å². The molecular weight excluding hydrogens is 286 g/mol. The fourth-order valence-electron chi connectivity index (χ4n) is 2.30. The van der Waals surface area contributed by atoms with Crippen LogP contribution in [0.25, 0.3) is 22.0 Å². The quantitative estimate of drug-likeness (QED) is 0.677. The number of nitrogens with zero attached hydrogens (tertiary/aromatic N) is 1. The summed E-state index contributed by atoms with van der Waals surface area (Å²) in [4.78, 5) is 14.9. The summed E-state index contributed by atoms with van der Waals surface area (Å²) in [5.41, 5.74) is 3.62. The lowest BCUT2D eigenvalue weighted by molar-refractivity contribution is -0.129. The molecule has 0 fully saturated rings. The second-order valence-corrected chi connectivity index (χ2v) is 5.03. The van der Waals surface area contributed by atoms with Crippen LogP contribution in [0.1, 0.15) is 5.69 Å². The third kappa shape index (κ3) is 2.88. The average Bonchev–Trinajstić information content (AvgIpc) is 2.53. The lowest BCUT2D eigenvalue weighted by atomic mass is 10.0. The normalized spacial score (nSPS) is 10.5. The molecule has 0 aliphatic rings. The zero-order chi connectivity index (χ0) is 14.7. The molecule has 0 amide bonds. The van der Waals surface area contributed by atoms with Crippen molar-refractivity contribution in [1.29, 1.82) is 0 Å². The second kappa shape index (κ2) is 5.94. The monoisotopic (exact) mass is 297 g/mol. The topological polar surface area (TPSA) is 39.2 Å². The Bertz CT molecular complexity index is 787. The highest BCUT2D eigenvalue weighted by Gasteiger charge is 2.09. The van der Waals surface area contributed by atoms with E-state index in [2.05, 4.69) is 4.98 Å². The molecule has 0 N–H and O–H groups in total. The van der Waals surface area contributed by atoms with E-state index in [1.807, 2.05) is 48.5 Å². The number of fused-ring (bicyclic) bond motifs is 1. The molecule has 21 heavy (non-hydrogen) atoms. The molecule has 0 radical (unpaired) electrons. The van der Waals surface area contributed by atoms with E-state index in [0.29, 0.717) is 17.2 Å². The van der Waals surface area contributed by atoms with Crippen molar-refractivity contribution in [3.63, 3.8) is 0 Å². The van der Waals surface area contributed by atoms with Crippen LogP contribution >= 0.6 is 11.6 Å². The summed E-state index contributed by atoms with van der Waals surface area (Å²) in [5.74, 6) is 0. The van der Waals surface area contributed by atoms with Gasteiger partial charge in [0.2, 0.25) is 0 Å². The van der Waals surface area contributed by atoms with Gasteiger partial charge in [-0.15, -0.1) is 0 Å². The first-order valence-corrected chi connectivity index (χ1v) is 6.85. The molecule has 0 saturated heterocycles. The van der Waals surface area contributed by atoms with Gasteiger partial charge in [0.25, 0.3) is 6.47 Å². The summed E-state index contributed by atoms with van der Waals surface area (Å²) in [6, 6.07) is 17.5. The Morgan fingerprint density at radius 2 is 1.90 bits per heavy atom. The van der Waals surface area contributed by atoms with Crippen LogP contribution in [0.4, 0.5) is 0 Å². The van der Waals surface area contributed by atoms with Gasteiger partial charge in [-0.05, 0) is 35.4 Å². The molecule has 0 unspecified atom stereocenters. The molecule has 1 aromatic heterocycles. The Labute approximate surface area is 127 Å². The molecule has 4 heteroatoms. The molecule has 0 saturated carbocycles. The molecule has 1 heterocycles. The molecule has 104 valence electrons. The van der Waals surface area contributed by atoms with Crippen molar-refractivity contribution in [3.8, 4) is 11.1 Å². The van der Waals surface area contributed by atoms with Crippen LogP contribution in [-0.4, -0.2) is 11.5 Å². The van der Waals surface area contributed by atoms with Crippen molar-refractivity contribution in [2.45, 2.75) is 6.61 Å². The number of aromatic nitrogens is 1. The van der Waals surface area contributed by atoms with Crippen LogP contribution in [0, 0.1) is 0 Å². The third-order valence-corrected chi connectivity index (χ3v) is 3.44. The van der Waals surface area contributed by atoms with Crippen LogP contribution in [-0.2, 0) is 16.1 Å². The van der Waals surface area contributed by atoms with Crippen LogP contribution in [0.3, 0.4) is 0 Å². The van der Waals surface area contributed by atoms with Gasteiger partial charge in [-0.3, -0.25) is 4.79 Å². The van der Waals surface area contributed by atoms with Gasteiger partial charge in [0.15, 0.2) is 0 Å². The lowest BCUT2D eigenvalue weighted by Gasteiger charge is -2.10.